The Balaban J connectivity index is 1.60. The summed E-state index contributed by atoms with van der Waals surface area (Å²) in [4.78, 5) is 0. The minimum Gasteiger partial charge on any atom is -0.388 e. The summed E-state index contributed by atoms with van der Waals surface area (Å²) in [5.41, 5.74) is 4.27. The molecule has 2 N–H and O–H groups in total. The lowest BCUT2D eigenvalue weighted by molar-refractivity contribution is -0.278. The third-order valence-electron chi connectivity index (χ3n) is 7.77. The van der Waals surface area contributed by atoms with Crippen LogP contribution >= 0.6 is 0 Å². The van der Waals surface area contributed by atoms with E-state index in [0.717, 1.165) is 61.7 Å². The van der Waals surface area contributed by atoms with Crippen LogP contribution in [-0.2, 0) is 4.74 Å². The summed E-state index contributed by atoms with van der Waals surface area (Å²) in [6.45, 7) is 9.95. The molecule has 2 unspecified atom stereocenters. The maximum Gasteiger partial charge on any atom is 0.455 e. The number of hydrogen-bond donors (Lipinski definition) is 2. The molecule has 2 fully saturated rings. The predicted molar refractivity (Wildman–Crippen MR) is 127 cm³/mol. The van der Waals surface area contributed by atoms with Gasteiger partial charge in [-0.2, -0.15) is 22.0 Å². The predicted octanol–water partition coefficient (Wildman–Crippen LogP) is 6.78. The van der Waals surface area contributed by atoms with Crippen LogP contribution in [0.25, 0.3) is 0 Å². The van der Waals surface area contributed by atoms with E-state index in [1.807, 2.05) is 6.92 Å². The molecule has 0 aromatic carbocycles. The van der Waals surface area contributed by atoms with Crippen LogP contribution in [0, 0.1) is 11.3 Å². The number of aliphatic hydroxyl groups is 1. The summed E-state index contributed by atoms with van der Waals surface area (Å²) in [5.74, 6) is -4.51. The first kappa shape index (κ1) is 27.7. The van der Waals surface area contributed by atoms with Crippen LogP contribution in [-0.4, -0.2) is 42.6 Å². The van der Waals surface area contributed by atoms with E-state index in [2.05, 4.69) is 43.6 Å². The van der Waals surface area contributed by atoms with Crippen molar-refractivity contribution in [1.82, 2.24) is 5.32 Å². The molecular weight excluding hydrogens is 465 g/mol. The standard InChI is InChI=1S/C27H36F5NO2/c1-17(33-16-26(28,29)27(30,31)32)15-35-19(3)22-12-13-23-21(8-6-14-25(22,23)4)11-10-20-7-5-9-24(34)18(20)2/h10-12,19,23-24,33-34H,1-2,5-9,13-16H2,3-4H3/b20-10-,21-11+/t19-,23?,24?,25+/m0/s1. The van der Waals surface area contributed by atoms with E-state index < -0.39 is 24.7 Å². The topological polar surface area (TPSA) is 41.5 Å². The minimum atomic E-state index is -5.61. The summed E-state index contributed by atoms with van der Waals surface area (Å²) in [5, 5.41) is 12.1. The molecule has 0 amide bonds. The zero-order chi connectivity index (χ0) is 26.0. The largest absolute Gasteiger partial charge is 0.455 e. The van der Waals surface area contributed by atoms with E-state index in [1.165, 1.54) is 5.57 Å². The van der Waals surface area contributed by atoms with Crippen molar-refractivity contribution in [3.05, 3.63) is 59.4 Å². The van der Waals surface area contributed by atoms with Gasteiger partial charge in [-0.05, 0) is 79.9 Å². The van der Waals surface area contributed by atoms with Gasteiger partial charge in [0.1, 0.15) is 0 Å². The molecule has 3 rings (SSSR count). The van der Waals surface area contributed by atoms with Gasteiger partial charge in [0.05, 0.1) is 25.4 Å². The first-order valence-electron chi connectivity index (χ1n) is 12.2. The van der Waals surface area contributed by atoms with Crippen molar-refractivity contribution in [3.8, 4) is 0 Å². The van der Waals surface area contributed by atoms with E-state index >= 15 is 0 Å². The molecule has 4 atom stereocenters. The van der Waals surface area contributed by atoms with Crippen molar-refractivity contribution in [2.24, 2.45) is 11.3 Å². The quantitative estimate of drug-likeness (QED) is 0.285. The minimum absolute atomic E-state index is 0.0215. The van der Waals surface area contributed by atoms with E-state index in [1.54, 1.807) is 0 Å². The number of alkyl halides is 5. The van der Waals surface area contributed by atoms with Gasteiger partial charge in [0.2, 0.25) is 0 Å². The molecule has 196 valence electrons. The number of nitrogens with one attached hydrogen (secondary N) is 1. The highest BCUT2D eigenvalue weighted by molar-refractivity contribution is 5.39. The second-order valence-corrected chi connectivity index (χ2v) is 10.2. The molecule has 3 aliphatic carbocycles. The monoisotopic (exact) mass is 501 g/mol. The third-order valence-corrected chi connectivity index (χ3v) is 7.77. The lowest BCUT2D eigenvalue weighted by Crippen LogP contribution is -2.45. The van der Waals surface area contributed by atoms with Crippen LogP contribution in [0.2, 0.25) is 0 Å². The molecule has 3 aliphatic rings. The van der Waals surface area contributed by atoms with Gasteiger partial charge < -0.3 is 15.2 Å². The fourth-order valence-corrected chi connectivity index (χ4v) is 5.62. The van der Waals surface area contributed by atoms with Gasteiger partial charge in [-0.3, -0.25) is 0 Å². The second-order valence-electron chi connectivity index (χ2n) is 10.2. The Hall–Kier alpha value is -1.93. The fourth-order valence-electron chi connectivity index (χ4n) is 5.62. The van der Waals surface area contributed by atoms with E-state index in [4.69, 9.17) is 4.74 Å². The number of hydrogen-bond acceptors (Lipinski definition) is 3. The molecule has 0 heterocycles. The van der Waals surface area contributed by atoms with Crippen molar-refractivity contribution in [2.45, 2.75) is 83.1 Å². The van der Waals surface area contributed by atoms with E-state index in [-0.39, 0.29) is 23.8 Å². The molecule has 2 saturated carbocycles. The van der Waals surface area contributed by atoms with Gasteiger partial charge >= 0.3 is 12.1 Å². The summed E-state index contributed by atoms with van der Waals surface area (Å²) in [6.07, 6.45) is 6.59. The van der Waals surface area contributed by atoms with Crippen molar-refractivity contribution >= 4 is 0 Å². The van der Waals surface area contributed by atoms with Gasteiger partial charge in [-0.15, -0.1) is 0 Å². The Kier molecular flexibility index (Phi) is 8.37. The van der Waals surface area contributed by atoms with Crippen LogP contribution in [0.4, 0.5) is 22.0 Å². The number of aliphatic hydroxyl groups excluding tert-OH is 1. The SMILES string of the molecule is C=C(CO[C@@H](C)C1=CCC2/C(=C/C=C3/CCCC(O)C3=C)CCC[C@]12C)NCC(F)(F)C(F)(F)F. The Morgan fingerprint density at radius 3 is 2.66 bits per heavy atom. The number of allylic oxidation sites excluding steroid dienone is 4. The lowest BCUT2D eigenvalue weighted by atomic mass is 9.63. The molecule has 0 aromatic heterocycles. The highest BCUT2D eigenvalue weighted by Gasteiger charge is 2.57. The van der Waals surface area contributed by atoms with Crippen LogP contribution in [0.5, 0.6) is 0 Å². The molecule has 3 nitrogen and oxygen atoms in total. The normalized spacial score (nSPS) is 30.9. The zero-order valence-corrected chi connectivity index (χ0v) is 20.5. The zero-order valence-electron chi connectivity index (χ0n) is 20.5. The van der Waals surface area contributed by atoms with Gasteiger partial charge in [0.25, 0.3) is 0 Å². The number of ether oxygens (including phenoxy) is 1. The first-order chi connectivity index (χ1) is 16.3. The maximum atomic E-state index is 13.1. The van der Waals surface area contributed by atoms with Crippen LogP contribution in [0.1, 0.15) is 58.8 Å². The Labute approximate surface area is 204 Å². The molecule has 35 heavy (non-hydrogen) atoms. The molecule has 0 radical (unpaired) electrons. The molecule has 0 spiro atoms. The maximum absolute atomic E-state index is 13.1. The third kappa shape index (κ3) is 6.08. The highest BCUT2D eigenvalue weighted by Crippen LogP contribution is 2.55. The highest BCUT2D eigenvalue weighted by atomic mass is 19.4. The Bertz CT molecular complexity index is 917. The molecule has 0 aliphatic heterocycles. The summed E-state index contributed by atoms with van der Waals surface area (Å²) >= 11 is 0. The summed E-state index contributed by atoms with van der Waals surface area (Å²) < 4.78 is 69.1. The van der Waals surface area contributed by atoms with Crippen molar-refractivity contribution < 1.29 is 31.8 Å². The summed E-state index contributed by atoms with van der Waals surface area (Å²) in [7, 11) is 0. The average molecular weight is 502 g/mol. The van der Waals surface area contributed by atoms with Gasteiger partial charge in [-0.1, -0.05) is 43.9 Å². The van der Waals surface area contributed by atoms with Crippen LogP contribution in [0.15, 0.2) is 59.4 Å². The van der Waals surface area contributed by atoms with E-state index in [9.17, 15) is 27.1 Å². The molecule has 8 heteroatoms. The van der Waals surface area contributed by atoms with Crippen molar-refractivity contribution in [2.75, 3.05) is 13.2 Å². The Morgan fingerprint density at radius 1 is 1.26 bits per heavy atom. The van der Waals surface area contributed by atoms with Gasteiger partial charge in [-0.25, -0.2) is 0 Å². The molecule has 0 saturated heterocycles. The molecular formula is C27H36F5NO2. The fraction of sp³-hybridized carbons (Fsp3) is 0.630. The first-order valence-corrected chi connectivity index (χ1v) is 12.2. The smallest absolute Gasteiger partial charge is 0.388 e. The number of fused-ring (bicyclic) bond motifs is 1. The lowest BCUT2D eigenvalue weighted by Gasteiger charge is -2.42. The van der Waals surface area contributed by atoms with Crippen molar-refractivity contribution in [1.29, 1.82) is 0 Å². The van der Waals surface area contributed by atoms with Crippen LogP contribution in [0.3, 0.4) is 0 Å². The number of rotatable bonds is 8. The second kappa shape index (κ2) is 10.6. The van der Waals surface area contributed by atoms with Crippen molar-refractivity contribution in [3.63, 3.8) is 0 Å². The van der Waals surface area contributed by atoms with Crippen LogP contribution < -0.4 is 5.32 Å². The average Bonchev–Trinajstić information content (AvgIpc) is 3.14. The van der Waals surface area contributed by atoms with E-state index in [0.29, 0.717) is 5.92 Å². The molecule has 0 aromatic rings. The van der Waals surface area contributed by atoms with Gasteiger partial charge in [0, 0.05) is 5.70 Å². The Morgan fingerprint density at radius 2 is 1.97 bits per heavy atom. The summed E-state index contributed by atoms with van der Waals surface area (Å²) in [6, 6.07) is 0. The van der Waals surface area contributed by atoms with Gasteiger partial charge in [0.15, 0.2) is 0 Å². The molecule has 0 bridgehead atoms. The number of halogens is 5.